The Labute approximate surface area is 117 Å². The third-order valence-corrected chi connectivity index (χ3v) is 5.31. The number of rotatable bonds is 4. The highest BCUT2D eigenvalue weighted by molar-refractivity contribution is 7.92. The van der Waals surface area contributed by atoms with Crippen LogP contribution in [0.3, 0.4) is 0 Å². The first kappa shape index (κ1) is 14.5. The second-order valence-electron chi connectivity index (χ2n) is 4.86. The van der Waals surface area contributed by atoms with Crippen molar-refractivity contribution in [1.29, 1.82) is 0 Å². The van der Waals surface area contributed by atoms with Crippen LogP contribution in [-0.4, -0.2) is 29.4 Å². The van der Waals surface area contributed by atoms with Crippen molar-refractivity contribution in [2.45, 2.75) is 37.3 Å². The summed E-state index contributed by atoms with van der Waals surface area (Å²) in [5.41, 5.74) is 6.68. The minimum Gasteiger partial charge on any atom is -0.369 e. The van der Waals surface area contributed by atoms with E-state index in [1.54, 1.807) is 26.8 Å². The third kappa shape index (κ3) is 2.29. The van der Waals surface area contributed by atoms with Crippen molar-refractivity contribution in [2.24, 2.45) is 0 Å². The molecule has 0 saturated heterocycles. The van der Waals surface area contributed by atoms with Gasteiger partial charge in [0.05, 0.1) is 15.7 Å². The number of fused-ring (bicyclic) bond motifs is 1. The van der Waals surface area contributed by atoms with E-state index in [4.69, 9.17) is 5.73 Å². The van der Waals surface area contributed by atoms with Crippen molar-refractivity contribution in [1.82, 2.24) is 9.97 Å². The molecule has 7 heteroatoms. The summed E-state index contributed by atoms with van der Waals surface area (Å²) in [7, 11) is -3.54. The van der Waals surface area contributed by atoms with Crippen molar-refractivity contribution < 1.29 is 13.2 Å². The van der Waals surface area contributed by atoms with Crippen LogP contribution in [0.1, 0.15) is 37.6 Å². The lowest BCUT2D eigenvalue weighted by molar-refractivity contribution is 0.0988. The average molecular weight is 295 g/mol. The van der Waals surface area contributed by atoms with E-state index in [2.05, 4.69) is 9.97 Å². The van der Waals surface area contributed by atoms with E-state index in [1.165, 1.54) is 6.07 Å². The maximum Gasteiger partial charge on any atom is 0.198 e. The van der Waals surface area contributed by atoms with E-state index in [1.807, 2.05) is 0 Å². The highest BCUT2D eigenvalue weighted by Crippen LogP contribution is 2.27. The predicted octanol–water partition coefficient (Wildman–Crippen LogP) is 1.92. The highest BCUT2D eigenvalue weighted by atomic mass is 32.2. The number of carbonyl (C=O) groups is 1. The molecule has 0 aliphatic carbocycles. The van der Waals surface area contributed by atoms with Crippen molar-refractivity contribution in [3.8, 4) is 0 Å². The molecule has 0 fully saturated rings. The monoisotopic (exact) mass is 295 g/mol. The molecule has 0 radical (unpaired) electrons. The molecular weight excluding hydrogens is 278 g/mol. The van der Waals surface area contributed by atoms with Crippen molar-refractivity contribution in [2.75, 3.05) is 5.73 Å². The van der Waals surface area contributed by atoms with Crippen LogP contribution in [0.25, 0.3) is 11.0 Å². The molecule has 3 N–H and O–H groups in total. The summed E-state index contributed by atoms with van der Waals surface area (Å²) in [6.07, 6.45) is 0.302. The zero-order valence-electron chi connectivity index (χ0n) is 11.6. The number of aromatic amines is 1. The quantitative estimate of drug-likeness (QED) is 0.838. The van der Waals surface area contributed by atoms with Gasteiger partial charge in [0, 0.05) is 12.0 Å². The Morgan fingerprint density at radius 1 is 1.40 bits per heavy atom. The maximum absolute atomic E-state index is 12.4. The Morgan fingerprint density at radius 2 is 2.05 bits per heavy atom. The van der Waals surface area contributed by atoms with E-state index in [0.29, 0.717) is 17.5 Å². The SMILES string of the molecule is CCC(=O)c1cc(S(=O)(=O)C(C)C)c2nc(N)[nH]c2c1. The molecular formula is C13H17N3O3S. The van der Waals surface area contributed by atoms with Gasteiger partial charge in [-0.05, 0) is 26.0 Å². The lowest BCUT2D eigenvalue weighted by Crippen LogP contribution is -2.15. The number of nitrogens with one attached hydrogen (secondary N) is 1. The van der Waals surface area contributed by atoms with Gasteiger partial charge in [-0.2, -0.15) is 0 Å². The molecule has 1 aromatic carbocycles. The zero-order chi connectivity index (χ0) is 15.1. The Bertz CT molecular complexity index is 776. The number of anilines is 1. The fourth-order valence-electron chi connectivity index (χ4n) is 1.94. The number of hydrogen-bond acceptors (Lipinski definition) is 5. The van der Waals surface area contributed by atoms with Gasteiger partial charge in [-0.15, -0.1) is 0 Å². The number of nitrogens with zero attached hydrogens (tertiary/aromatic N) is 1. The normalized spacial score (nSPS) is 12.2. The number of nitrogens with two attached hydrogens (primary N) is 1. The number of H-pyrrole nitrogens is 1. The van der Waals surface area contributed by atoms with Crippen LogP contribution in [0.15, 0.2) is 17.0 Å². The third-order valence-electron chi connectivity index (χ3n) is 3.14. The van der Waals surface area contributed by atoms with Gasteiger partial charge in [-0.1, -0.05) is 6.92 Å². The number of nitrogen functional groups attached to an aromatic ring is 1. The number of Topliss-reactive ketones (excluding diaryl/α,β-unsaturated/α-hetero) is 1. The molecule has 20 heavy (non-hydrogen) atoms. The van der Waals surface area contributed by atoms with Crippen LogP contribution >= 0.6 is 0 Å². The van der Waals surface area contributed by atoms with E-state index < -0.39 is 15.1 Å². The first-order chi connectivity index (χ1) is 9.27. The molecule has 0 atom stereocenters. The van der Waals surface area contributed by atoms with Gasteiger partial charge in [0.25, 0.3) is 0 Å². The first-order valence-electron chi connectivity index (χ1n) is 6.33. The van der Waals surface area contributed by atoms with E-state index >= 15 is 0 Å². The maximum atomic E-state index is 12.4. The van der Waals surface area contributed by atoms with Gasteiger partial charge < -0.3 is 10.7 Å². The summed E-state index contributed by atoms with van der Waals surface area (Å²) in [6, 6.07) is 2.98. The molecule has 0 bridgehead atoms. The second-order valence-corrected chi connectivity index (χ2v) is 7.34. The molecule has 1 aromatic heterocycles. The first-order valence-corrected chi connectivity index (χ1v) is 7.88. The smallest absolute Gasteiger partial charge is 0.198 e. The molecule has 6 nitrogen and oxygen atoms in total. The van der Waals surface area contributed by atoms with Crippen LogP contribution in [0.4, 0.5) is 5.95 Å². The molecule has 0 spiro atoms. The van der Waals surface area contributed by atoms with Gasteiger partial charge in [0.2, 0.25) is 0 Å². The Balaban J connectivity index is 2.83. The Morgan fingerprint density at radius 3 is 2.60 bits per heavy atom. The van der Waals surface area contributed by atoms with Crippen LogP contribution in [0.5, 0.6) is 0 Å². The van der Waals surface area contributed by atoms with Gasteiger partial charge in [-0.3, -0.25) is 4.79 Å². The Hall–Kier alpha value is -1.89. The number of ketones is 1. The number of carbonyl (C=O) groups excluding carboxylic acids is 1. The standard InChI is InChI=1S/C13H17N3O3S/c1-4-10(17)8-5-9-12(16-13(14)15-9)11(6-8)20(18,19)7(2)3/h5-7H,4H2,1-3H3,(H3,14,15,16). The van der Waals surface area contributed by atoms with Crippen molar-refractivity contribution in [3.05, 3.63) is 17.7 Å². The number of hydrogen-bond donors (Lipinski definition) is 2. The number of aromatic nitrogens is 2. The zero-order valence-corrected chi connectivity index (χ0v) is 12.4. The average Bonchev–Trinajstić information content (AvgIpc) is 2.76. The summed E-state index contributed by atoms with van der Waals surface area (Å²) in [5, 5.41) is -0.601. The lowest BCUT2D eigenvalue weighted by Gasteiger charge is -2.10. The number of imidazole rings is 1. The lowest BCUT2D eigenvalue weighted by atomic mass is 10.1. The summed E-state index contributed by atoms with van der Waals surface area (Å²) >= 11 is 0. The largest absolute Gasteiger partial charge is 0.369 e. The predicted molar refractivity (Wildman–Crippen MR) is 77.4 cm³/mol. The summed E-state index contributed by atoms with van der Waals surface area (Å²) in [6.45, 7) is 4.90. The molecule has 2 aromatic rings. The van der Waals surface area contributed by atoms with Crippen LogP contribution in [-0.2, 0) is 9.84 Å². The molecule has 0 saturated carbocycles. The minimum atomic E-state index is -3.54. The fourth-order valence-corrected chi connectivity index (χ4v) is 3.16. The van der Waals surface area contributed by atoms with Crippen molar-refractivity contribution in [3.63, 3.8) is 0 Å². The van der Waals surface area contributed by atoms with Gasteiger partial charge in [0.1, 0.15) is 5.52 Å². The van der Waals surface area contributed by atoms with Crippen LogP contribution in [0.2, 0.25) is 0 Å². The fraction of sp³-hybridized carbons (Fsp3) is 0.385. The van der Waals surface area contributed by atoms with Gasteiger partial charge in [-0.25, -0.2) is 13.4 Å². The molecule has 1 heterocycles. The summed E-state index contributed by atoms with van der Waals surface area (Å²) in [4.78, 5) is 18.7. The Kier molecular flexibility index (Phi) is 3.56. The van der Waals surface area contributed by atoms with Crippen molar-refractivity contribution >= 4 is 32.6 Å². The number of benzene rings is 1. The van der Waals surface area contributed by atoms with E-state index in [-0.39, 0.29) is 22.1 Å². The molecule has 0 amide bonds. The summed E-state index contributed by atoms with van der Waals surface area (Å²) in [5.74, 6) is 0.00146. The molecule has 0 unspecified atom stereocenters. The van der Waals surface area contributed by atoms with E-state index in [9.17, 15) is 13.2 Å². The second kappa shape index (κ2) is 4.90. The summed E-state index contributed by atoms with van der Waals surface area (Å²) < 4.78 is 24.8. The van der Waals surface area contributed by atoms with E-state index in [0.717, 1.165) is 0 Å². The van der Waals surface area contributed by atoms with Crippen LogP contribution < -0.4 is 5.73 Å². The molecule has 108 valence electrons. The molecule has 2 rings (SSSR count). The van der Waals surface area contributed by atoms with Gasteiger partial charge in [0.15, 0.2) is 21.6 Å². The van der Waals surface area contributed by atoms with Crippen LogP contribution in [0, 0.1) is 0 Å². The van der Waals surface area contributed by atoms with Gasteiger partial charge >= 0.3 is 0 Å². The topological polar surface area (TPSA) is 106 Å². The number of sulfone groups is 1. The molecule has 0 aliphatic rings. The highest BCUT2D eigenvalue weighted by Gasteiger charge is 2.25. The minimum absolute atomic E-state index is 0.0507. The molecule has 0 aliphatic heterocycles.